The number of nitrogens with one attached hydrogen (secondary N) is 2. The molecule has 2 aromatic rings. The summed E-state index contributed by atoms with van der Waals surface area (Å²) in [5.41, 5.74) is 22.6. The standard InChI is InChI=1S/C21H29BN8O4/c23-20(24)27-11-5-10-16(22(33)34)29-19(32)17(30-18(31)13-6-2-1-3-7-13)14-8-4-9-15(12-14)28-21(25)26/h1-4,6-9,12,16-17,33-34H,5,10-11H2,(H,29,32)(H,30,31)(H4,23,24,27)(H4,25,26,28)/t16-,17-/m0/s1. The zero-order valence-corrected chi connectivity index (χ0v) is 18.5. The molecule has 0 fully saturated rings. The minimum Gasteiger partial charge on any atom is -0.426 e. The summed E-state index contributed by atoms with van der Waals surface area (Å²) in [6.45, 7) is 0.246. The van der Waals surface area contributed by atoms with Gasteiger partial charge in [0, 0.05) is 12.1 Å². The normalized spacial score (nSPS) is 12.1. The number of benzene rings is 2. The average molecular weight is 468 g/mol. The summed E-state index contributed by atoms with van der Waals surface area (Å²) in [6.07, 6.45) is 0.551. The fraction of sp³-hybridized carbons (Fsp3) is 0.238. The third kappa shape index (κ3) is 8.45. The number of amides is 2. The van der Waals surface area contributed by atoms with E-state index in [9.17, 15) is 19.6 Å². The van der Waals surface area contributed by atoms with Gasteiger partial charge in [-0.25, -0.2) is 4.99 Å². The van der Waals surface area contributed by atoms with Crippen molar-refractivity contribution in [3.05, 3.63) is 65.7 Å². The molecular weight excluding hydrogens is 439 g/mol. The molecule has 0 radical (unpaired) electrons. The molecule has 0 aliphatic rings. The number of rotatable bonds is 11. The summed E-state index contributed by atoms with van der Waals surface area (Å²) >= 11 is 0. The quantitative estimate of drug-likeness (QED) is 0.0845. The first-order valence-electron chi connectivity index (χ1n) is 10.4. The second-order valence-electron chi connectivity index (χ2n) is 7.38. The number of guanidine groups is 2. The van der Waals surface area contributed by atoms with E-state index in [1.165, 1.54) is 0 Å². The lowest BCUT2D eigenvalue weighted by Crippen LogP contribution is -2.50. The van der Waals surface area contributed by atoms with Crippen molar-refractivity contribution >= 4 is 36.5 Å². The third-order valence-electron chi connectivity index (χ3n) is 4.69. The van der Waals surface area contributed by atoms with Crippen LogP contribution in [0.4, 0.5) is 5.69 Å². The maximum Gasteiger partial charge on any atom is 0.475 e. The fourth-order valence-corrected chi connectivity index (χ4v) is 3.11. The number of carbonyl (C=O) groups is 2. The van der Waals surface area contributed by atoms with Gasteiger partial charge in [0.15, 0.2) is 11.9 Å². The lowest BCUT2D eigenvalue weighted by atomic mass is 9.76. The van der Waals surface area contributed by atoms with Crippen molar-refractivity contribution in [3.8, 4) is 0 Å². The Labute approximate surface area is 197 Å². The van der Waals surface area contributed by atoms with Gasteiger partial charge in [0.2, 0.25) is 5.91 Å². The van der Waals surface area contributed by atoms with Crippen LogP contribution in [0.25, 0.3) is 0 Å². The summed E-state index contributed by atoms with van der Waals surface area (Å²) in [5.74, 6) is -2.45. The molecule has 12 N–H and O–H groups in total. The Morgan fingerprint density at radius 3 is 2.26 bits per heavy atom. The van der Waals surface area contributed by atoms with Gasteiger partial charge in [0.05, 0.1) is 11.6 Å². The summed E-state index contributed by atoms with van der Waals surface area (Å²) in [5, 5.41) is 24.7. The van der Waals surface area contributed by atoms with Gasteiger partial charge in [-0.3, -0.25) is 14.6 Å². The molecular formula is C21H29BN8O4. The molecule has 0 bridgehead atoms. The third-order valence-corrected chi connectivity index (χ3v) is 4.69. The molecule has 13 heteroatoms. The highest BCUT2D eigenvalue weighted by atomic mass is 16.4. The molecule has 0 aliphatic carbocycles. The van der Waals surface area contributed by atoms with E-state index in [0.29, 0.717) is 23.2 Å². The van der Waals surface area contributed by atoms with Crippen molar-refractivity contribution in [2.24, 2.45) is 32.9 Å². The van der Waals surface area contributed by atoms with Crippen LogP contribution >= 0.6 is 0 Å². The predicted octanol–water partition coefficient (Wildman–Crippen LogP) is -1.39. The monoisotopic (exact) mass is 468 g/mol. The zero-order chi connectivity index (χ0) is 25.1. The molecule has 0 heterocycles. The molecule has 0 spiro atoms. The van der Waals surface area contributed by atoms with Crippen LogP contribution in [0, 0.1) is 0 Å². The minimum absolute atomic E-state index is 0.0884. The Morgan fingerprint density at radius 2 is 1.65 bits per heavy atom. The van der Waals surface area contributed by atoms with E-state index in [0.717, 1.165) is 0 Å². The van der Waals surface area contributed by atoms with Crippen molar-refractivity contribution in [3.63, 3.8) is 0 Å². The number of nitrogens with two attached hydrogens (primary N) is 4. The smallest absolute Gasteiger partial charge is 0.426 e. The molecule has 2 rings (SSSR count). The van der Waals surface area contributed by atoms with Crippen LogP contribution in [0.3, 0.4) is 0 Å². The molecule has 12 nitrogen and oxygen atoms in total. The summed E-state index contributed by atoms with van der Waals surface area (Å²) in [4.78, 5) is 33.8. The lowest BCUT2D eigenvalue weighted by molar-refractivity contribution is -0.123. The molecule has 2 atom stereocenters. The Bertz CT molecular complexity index is 1020. The first-order chi connectivity index (χ1) is 16.2. The first kappa shape index (κ1) is 26.2. The maximum absolute atomic E-state index is 13.2. The SMILES string of the molecule is NC(N)=NCCC[C@H](NC(=O)[C@@H](NC(=O)c1ccccc1)c1cccc(N=C(N)N)c1)B(O)O. The van der Waals surface area contributed by atoms with Crippen LogP contribution in [0.5, 0.6) is 0 Å². The van der Waals surface area contributed by atoms with Gasteiger partial charge in [-0.05, 0) is 42.7 Å². The second kappa shape index (κ2) is 12.8. The van der Waals surface area contributed by atoms with E-state index in [1.807, 2.05) is 0 Å². The highest BCUT2D eigenvalue weighted by Crippen LogP contribution is 2.21. The number of aliphatic imine (C=N–C) groups is 2. The molecule has 0 saturated carbocycles. The van der Waals surface area contributed by atoms with E-state index >= 15 is 0 Å². The van der Waals surface area contributed by atoms with Gasteiger partial charge in [-0.2, -0.15) is 0 Å². The van der Waals surface area contributed by atoms with Crippen molar-refractivity contribution in [1.29, 1.82) is 0 Å². The Morgan fingerprint density at radius 1 is 0.941 bits per heavy atom. The Kier molecular flexibility index (Phi) is 9.86. The predicted molar refractivity (Wildman–Crippen MR) is 131 cm³/mol. The van der Waals surface area contributed by atoms with Gasteiger partial charge < -0.3 is 43.6 Å². The van der Waals surface area contributed by atoms with Gasteiger partial charge in [-0.1, -0.05) is 30.3 Å². The molecule has 0 aromatic heterocycles. The molecule has 34 heavy (non-hydrogen) atoms. The fourth-order valence-electron chi connectivity index (χ4n) is 3.11. The van der Waals surface area contributed by atoms with Crippen LogP contribution < -0.4 is 33.6 Å². The first-order valence-corrected chi connectivity index (χ1v) is 10.4. The number of nitrogens with zero attached hydrogens (tertiary/aromatic N) is 2. The Hall–Kier alpha value is -4.10. The average Bonchev–Trinajstić information content (AvgIpc) is 2.79. The zero-order valence-electron chi connectivity index (χ0n) is 18.5. The highest BCUT2D eigenvalue weighted by Gasteiger charge is 2.30. The highest BCUT2D eigenvalue weighted by molar-refractivity contribution is 6.43. The lowest BCUT2D eigenvalue weighted by Gasteiger charge is -2.23. The van der Waals surface area contributed by atoms with Crippen molar-refractivity contribution in [2.45, 2.75) is 24.8 Å². The molecule has 180 valence electrons. The van der Waals surface area contributed by atoms with Crippen LogP contribution in [0.1, 0.15) is 34.8 Å². The molecule has 0 unspecified atom stereocenters. The van der Waals surface area contributed by atoms with Crippen LogP contribution in [-0.2, 0) is 4.79 Å². The molecule has 2 amide bonds. The largest absolute Gasteiger partial charge is 0.475 e. The van der Waals surface area contributed by atoms with Crippen LogP contribution in [0.15, 0.2) is 64.6 Å². The Balaban J connectivity index is 2.28. The number of hydrogen-bond acceptors (Lipinski definition) is 6. The molecule has 0 aliphatic heterocycles. The maximum atomic E-state index is 13.2. The van der Waals surface area contributed by atoms with E-state index in [4.69, 9.17) is 22.9 Å². The van der Waals surface area contributed by atoms with E-state index in [1.54, 1.807) is 54.6 Å². The number of hydrogen-bond donors (Lipinski definition) is 8. The van der Waals surface area contributed by atoms with E-state index < -0.39 is 30.9 Å². The topological polar surface area (TPSA) is 227 Å². The number of carbonyl (C=O) groups excluding carboxylic acids is 2. The molecule has 2 aromatic carbocycles. The van der Waals surface area contributed by atoms with E-state index in [2.05, 4.69) is 20.6 Å². The van der Waals surface area contributed by atoms with Gasteiger partial charge in [0.1, 0.15) is 6.04 Å². The molecule has 0 saturated heterocycles. The van der Waals surface area contributed by atoms with Gasteiger partial charge in [0.25, 0.3) is 5.91 Å². The van der Waals surface area contributed by atoms with E-state index in [-0.39, 0.29) is 24.9 Å². The van der Waals surface area contributed by atoms with Crippen molar-refractivity contribution in [1.82, 2.24) is 10.6 Å². The minimum atomic E-state index is -1.85. The summed E-state index contributed by atoms with van der Waals surface area (Å²) < 4.78 is 0. The summed E-state index contributed by atoms with van der Waals surface area (Å²) in [7, 11) is -1.85. The van der Waals surface area contributed by atoms with Gasteiger partial charge >= 0.3 is 7.12 Å². The van der Waals surface area contributed by atoms with Crippen molar-refractivity contribution < 1.29 is 19.6 Å². The van der Waals surface area contributed by atoms with Crippen LogP contribution in [-0.4, -0.2) is 53.4 Å². The van der Waals surface area contributed by atoms with Crippen LogP contribution in [0.2, 0.25) is 0 Å². The summed E-state index contributed by atoms with van der Waals surface area (Å²) in [6, 6.07) is 13.6. The van der Waals surface area contributed by atoms with Gasteiger partial charge in [-0.15, -0.1) is 0 Å². The second-order valence-corrected chi connectivity index (χ2v) is 7.38. The van der Waals surface area contributed by atoms with Crippen molar-refractivity contribution in [2.75, 3.05) is 6.54 Å².